The van der Waals surface area contributed by atoms with E-state index in [9.17, 15) is 8.42 Å². The molecule has 33 heavy (non-hydrogen) atoms. The van der Waals surface area contributed by atoms with Gasteiger partial charge in [-0.05, 0) is 49.7 Å². The zero-order valence-electron chi connectivity index (χ0n) is 18.9. The third-order valence-corrected chi connectivity index (χ3v) is 6.58. The molecule has 0 amide bonds. The Kier molecular flexibility index (Phi) is 5.86. The predicted octanol–water partition coefficient (Wildman–Crippen LogP) is 3.84. The second-order valence-electron chi connectivity index (χ2n) is 7.37. The number of aromatic nitrogens is 3. The van der Waals surface area contributed by atoms with Crippen molar-refractivity contribution in [2.24, 2.45) is 0 Å². The number of ether oxygens (including phenoxy) is 3. The molecule has 10 heteroatoms. The zero-order chi connectivity index (χ0) is 23.8. The number of hydrogen-bond acceptors (Lipinski definition) is 7. The average Bonchev–Trinajstić information content (AvgIpc) is 3.22. The molecule has 2 heterocycles. The largest absolute Gasteiger partial charge is 0.497 e. The van der Waals surface area contributed by atoms with Gasteiger partial charge in [-0.15, -0.1) is 0 Å². The smallest absolute Gasteiger partial charge is 0.265 e. The molecule has 0 atom stereocenters. The summed E-state index contributed by atoms with van der Waals surface area (Å²) in [6.07, 6.45) is 1.67. The van der Waals surface area contributed by atoms with Crippen molar-refractivity contribution in [1.29, 1.82) is 0 Å². The lowest BCUT2D eigenvalue weighted by Gasteiger charge is -2.15. The number of rotatable bonds is 7. The fourth-order valence-corrected chi connectivity index (χ4v) is 4.88. The summed E-state index contributed by atoms with van der Waals surface area (Å²) in [5.41, 5.74) is 4.00. The Balaban J connectivity index is 1.83. The summed E-state index contributed by atoms with van der Waals surface area (Å²) in [5.74, 6) is 1.04. The summed E-state index contributed by atoms with van der Waals surface area (Å²) in [6.45, 7) is 3.84. The topological polar surface area (TPSA) is 104 Å². The van der Waals surface area contributed by atoms with Gasteiger partial charge < -0.3 is 14.2 Å². The average molecular weight is 469 g/mol. The fourth-order valence-electron chi connectivity index (χ4n) is 3.62. The van der Waals surface area contributed by atoms with Crippen LogP contribution in [0, 0.1) is 13.8 Å². The quantitative estimate of drug-likeness (QED) is 0.439. The third-order valence-electron chi connectivity index (χ3n) is 5.19. The van der Waals surface area contributed by atoms with Crippen LogP contribution in [0.15, 0.2) is 53.6 Å². The number of methoxy groups -OCH3 is 3. The minimum atomic E-state index is -4.06. The molecular formula is C23H24N4O5S. The van der Waals surface area contributed by atoms with E-state index in [1.54, 1.807) is 47.1 Å². The maximum Gasteiger partial charge on any atom is 0.265 e. The summed E-state index contributed by atoms with van der Waals surface area (Å²) in [7, 11) is 0.327. The van der Waals surface area contributed by atoms with Crippen LogP contribution < -0.4 is 18.9 Å². The zero-order valence-corrected chi connectivity index (χ0v) is 19.7. The van der Waals surface area contributed by atoms with Gasteiger partial charge in [-0.25, -0.2) is 17.9 Å². The second kappa shape index (κ2) is 8.62. The van der Waals surface area contributed by atoms with Gasteiger partial charge in [0, 0.05) is 23.0 Å². The molecule has 172 valence electrons. The van der Waals surface area contributed by atoms with Gasteiger partial charge >= 0.3 is 0 Å². The van der Waals surface area contributed by atoms with E-state index in [0.29, 0.717) is 28.3 Å². The lowest BCUT2D eigenvalue weighted by atomic mass is 10.1. The van der Waals surface area contributed by atoms with Crippen LogP contribution in [-0.4, -0.2) is 44.3 Å². The number of benzene rings is 2. The molecule has 4 rings (SSSR count). The fraction of sp³-hybridized carbons (Fsp3) is 0.217. The molecule has 0 saturated carbocycles. The monoisotopic (exact) mass is 468 g/mol. The Morgan fingerprint density at radius 1 is 0.909 bits per heavy atom. The molecule has 2 aromatic carbocycles. The van der Waals surface area contributed by atoms with E-state index < -0.39 is 10.0 Å². The standard InChI is InChI=1S/C23H24N4O5S/c1-14-10-15(2)27-23(25-14)18(13-24-27)16-6-8-21(32-5)22(11-16)33(28,29)26-19-12-17(30-3)7-9-20(19)31-4/h6-13,26H,1-5H3. The van der Waals surface area contributed by atoms with E-state index in [2.05, 4.69) is 14.8 Å². The van der Waals surface area contributed by atoms with E-state index in [-0.39, 0.29) is 16.3 Å². The van der Waals surface area contributed by atoms with Gasteiger partial charge in [0.1, 0.15) is 22.1 Å². The van der Waals surface area contributed by atoms with E-state index in [1.165, 1.54) is 21.3 Å². The molecule has 0 aliphatic rings. The van der Waals surface area contributed by atoms with Crippen LogP contribution in [0.5, 0.6) is 17.2 Å². The SMILES string of the molecule is COc1ccc(OC)c(NS(=O)(=O)c2cc(-c3cnn4c(C)cc(C)nc34)ccc2OC)c1. The molecular weight excluding hydrogens is 444 g/mol. The van der Waals surface area contributed by atoms with Crippen molar-refractivity contribution in [2.45, 2.75) is 18.7 Å². The molecule has 1 N–H and O–H groups in total. The lowest BCUT2D eigenvalue weighted by molar-refractivity contribution is 0.402. The molecule has 2 aromatic heterocycles. The molecule has 0 spiro atoms. The summed E-state index contributed by atoms with van der Waals surface area (Å²) in [5, 5.41) is 4.41. The van der Waals surface area contributed by atoms with Crippen LogP contribution in [0.25, 0.3) is 16.8 Å². The molecule has 4 aromatic rings. The van der Waals surface area contributed by atoms with Crippen LogP contribution in [0.2, 0.25) is 0 Å². The van der Waals surface area contributed by atoms with Crippen molar-refractivity contribution in [2.75, 3.05) is 26.1 Å². The van der Waals surface area contributed by atoms with Gasteiger partial charge in [0.2, 0.25) is 0 Å². The van der Waals surface area contributed by atoms with Gasteiger partial charge in [0.25, 0.3) is 10.0 Å². The molecule has 0 fully saturated rings. The Bertz CT molecular complexity index is 1450. The minimum absolute atomic E-state index is 0.0314. The number of hydrogen-bond donors (Lipinski definition) is 1. The molecule has 0 radical (unpaired) electrons. The first-order chi connectivity index (χ1) is 15.8. The van der Waals surface area contributed by atoms with Crippen LogP contribution >= 0.6 is 0 Å². The number of aryl methyl sites for hydroxylation is 2. The maximum absolute atomic E-state index is 13.4. The number of sulfonamides is 1. The first-order valence-corrected chi connectivity index (χ1v) is 11.5. The summed E-state index contributed by atoms with van der Waals surface area (Å²) < 4.78 is 47.0. The van der Waals surface area contributed by atoms with Crippen molar-refractivity contribution in [1.82, 2.24) is 14.6 Å². The Hall–Kier alpha value is -3.79. The van der Waals surface area contributed by atoms with Crippen molar-refractivity contribution in [3.05, 3.63) is 60.0 Å². The van der Waals surface area contributed by atoms with E-state index in [1.807, 2.05) is 19.9 Å². The number of anilines is 1. The molecule has 0 saturated heterocycles. The Labute approximate surface area is 192 Å². The van der Waals surface area contributed by atoms with Gasteiger partial charge in [0.05, 0.1) is 33.2 Å². The van der Waals surface area contributed by atoms with Crippen molar-refractivity contribution in [3.8, 4) is 28.4 Å². The van der Waals surface area contributed by atoms with Crippen LogP contribution in [0.1, 0.15) is 11.4 Å². The number of fused-ring (bicyclic) bond motifs is 1. The van der Waals surface area contributed by atoms with Crippen molar-refractivity contribution in [3.63, 3.8) is 0 Å². The number of nitrogens with zero attached hydrogens (tertiary/aromatic N) is 3. The highest BCUT2D eigenvalue weighted by Crippen LogP contribution is 2.35. The van der Waals surface area contributed by atoms with Gasteiger partial charge in [-0.3, -0.25) is 4.72 Å². The highest BCUT2D eigenvalue weighted by Gasteiger charge is 2.23. The Morgan fingerprint density at radius 2 is 1.64 bits per heavy atom. The first kappa shape index (κ1) is 22.4. The maximum atomic E-state index is 13.4. The number of nitrogens with one attached hydrogen (secondary N) is 1. The van der Waals surface area contributed by atoms with E-state index >= 15 is 0 Å². The van der Waals surface area contributed by atoms with E-state index in [0.717, 1.165) is 11.4 Å². The highest BCUT2D eigenvalue weighted by molar-refractivity contribution is 7.92. The second-order valence-corrected chi connectivity index (χ2v) is 9.02. The highest BCUT2D eigenvalue weighted by atomic mass is 32.2. The normalized spacial score (nSPS) is 11.4. The molecule has 9 nitrogen and oxygen atoms in total. The van der Waals surface area contributed by atoms with Crippen LogP contribution in [0.3, 0.4) is 0 Å². The molecule has 0 aliphatic heterocycles. The van der Waals surface area contributed by atoms with Crippen molar-refractivity contribution >= 4 is 21.4 Å². The van der Waals surface area contributed by atoms with Crippen molar-refractivity contribution < 1.29 is 22.6 Å². The minimum Gasteiger partial charge on any atom is -0.497 e. The lowest BCUT2D eigenvalue weighted by Crippen LogP contribution is -2.15. The predicted molar refractivity (Wildman–Crippen MR) is 125 cm³/mol. The molecule has 0 aliphatic carbocycles. The molecule has 0 unspecified atom stereocenters. The summed E-state index contributed by atoms with van der Waals surface area (Å²) in [4.78, 5) is 4.56. The summed E-state index contributed by atoms with van der Waals surface area (Å²) in [6, 6.07) is 11.7. The summed E-state index contributed by atoms with van der Waals surface area (Å²) >= 11 is 0. The van der Waals surface area contributed by atoms with E-state index in [4.69, 9.17) is 14.2 Å². The van der Waals surface area contributed by atoms with Gasteiger partial charge in [0.15, 0.2) is 5.65 Å². The Morgan fingerprint density at radius 3 is 2.33 bits per heavy atom. The molecule has 0 bridgehead atoms. The van der Waals surface area contributed by atoms with Gasteiger partial charge in [-0.1, -0.05) is 6.07 Å². The first-order valence-electron chi connectivity index (χ1n) is 10.0. The van der Waals surface area contributed by atoms with Gasteiger partial charge in [-0.2, -0.15) is 5.10 Å². The third kappa shape index (κ3) is 4.17. The van der Waals surface area contributed by atoms with Crippen LogP contribution in [-0.2, 0) is 10.0 Å². The van der Waals surface area contributed by atoms with Crippen LogP contribution in [0.4, 0.5) is 5.69 Å².